The first kappa shape index (κ1) is 14.1. The van der Waals surface area contributed by atoms with Gasteiger partial charge in [0.25, 0.3) is 0 Å². The summed E-state index contributed by atoms with van der Waals surface area (Å²) in [6, 6.07) is 8.33. The number of benzene rings is 1. The van der Waals surface area contributed by atoms with E-state index in [-0.39, 0.29) is 12.1 Å². The van der Waals surface area contributed by atoms with Crippen molar-refractivity contribution in [2.75, 3.05) is 6.54 Å². The predicted molar refractivity (Wildman–Crippen MR) is 78.3 cm³/mol. The number of aliphatic hydroxyl groups is 1. The second kappa shape index (κ2) is 6.22. The second-order valence-corrected chi connectivity index (χ2v) is 5.25. The van der Waals surface area contributed by atoms with Crippen LogP contribution in [0.25, 0.3) is 11.0 Å². The molecule has 0 bridgehead atoms. The van der Waals surface area contributed by atoms with Gasteiger partial charge < -0.3 is 14.8 Å². The lowest BCUT2D eigenvalue weighted by Crippen LogP contribution is -2.20. The standard InChI is InChI=1S/C16H23NO2/c1-11(18)7-6-10-17-13(3)16-12(2)14-8-4-5-9-15(14)19-16/h4-5,8-9,11,13,17-18H,6-7,10H2,1-3H3. The highest BCUT2D eigenvalue weighted by molar-refractivity contribution is 5.82. The fourth-order valence-electron chi connectivity index (χ4n) is 2.42. The predicted octanol–water partition coefficient (Wildman–Crippen LogP) is 3.55. The first-order chi connectivity index (χ1) is 9.09. The molecule has 0 fully saturated rings. The number of para-hydroxylation sites is 1. The summed E-state index contributed by atoms with van der Waals surface area (Å²) in [5.74, 6) is 1.01. The summed E-state index contributed by atoms with van der Waals surface area (Å²) < 4.78 is 5.93. The Morgan fingerprint density at radius 1 is 1.26 bits per heavy atom. The molecule has 3 heteroatoms. The molecule has 104 valence electrons. The number of hydrogen-bond donors (Lipinski definition) is 2. The summed E-state index contributed by atoms with van der Waals surface area (Å²) in [6.07, 6.45) is 1.59. The molecule has 0 spiro atoms. The third-order valence-corrected chi connectivity index (χ3v) is 3.52. The van der Waals surface area contributed by atoms with Crippen LogP contribution in [-0.2, 0) is 0 Å². The van der Waals surface area contributed by atoms with Crippen molar-refractivity contribution >= 4 is 11.0 Å². The van der Waals surface area contributed by atoms with Gasteiger partial charge in [0, 0.05) is 5.39 Å². The zero-order valence-corrected chi connectivity index (χ0v) is 11.9. The molecule has 3 nitrogen and oxygen atoms in total. The molecule has 0 aliphatic heterocycles. The molecule has 1 aromatic heterocycles. The van der Waals surface area contributed by atoms with Crippen LogP contribution in [0.15, 0.2) is 28.7 Å². The maximum absolute atomic E-state index is 9.23. The van der Waals surface area contributed by atoms with Crippen LogP contribution in [0.5, 0.6) is 0 Å². The minimum absolute atomic E-state index is 0.196. The van der Waals surface area contributed by atoms with E-state index in [0.717, 1.165) is 30.7 Å². The van der Waals surface area contributed by atoms with Gasteiger partial charge >= 0.3 is 0 Å². The van der Waals surface area contributed by atoms with Crippen molar-refractivity contribution in [1.29, 1.82) is 0 Å². The summed E-state index contributed by atoms with van der Waals surface area (Å²) in [4.78, 5) is 0. The van der Waals surface area contributed by atoms with Crippen molar-refractivity contribution in [3.8, 4) is 0 Å². The number of aryl methyl sites for hydroxylation is 1. The van der Waals surface area contributed by atoms with E-state index in [1.165, 1.54) is 10.9 Å². The molecule has 0 amide bonds. The van der Waals surface area contributed by atoms with Crippen LogP contribution in [-0.4, -0.2) is 17.8 Å². The minimum Gasteiger partial charge on any atom is -0.459 e. The molecule has 1 heterocycles. The van der Waals surface area contributed by atoms with Crippen molar-refractivity contribution in [2.24, 2.45) is 0 Å². The second-order valence-electron chi connectivity index (χ2n) is 5.25. The molecule has 0 aliphatic carbocycles. The van der Waals surface area contributed by atoms with Gasteiger partial charge in [0.2, 0.25) is 0 Å². The molecule has 2 unspecified atom stereocenters. The highest BCUT2D eigenvalue weighted by atomic mass is 16.3. The van der Waals surface area contributed by atoms with Crippen molar-refractivity contribution in [2.45, 2.75) is 45.8 Å². The first-order valence-electron chi connectivity index (χ1n) is 6.99. The van der Waals surface area contributed by atoms with Gasteiger partial charge in [-0.1, -0.05) is 18.2 Å². The van der Waals surface area contributed by atoms with Gasteiger partial charge in [-0.3, -0.25) is 0 Å². The number of furan rings is 1. The van der Waals surface area contributed by atoms with Gasteiger partial charge in [0.05, 0.1) is 12.1 Å². The van der Waals surface area contributed by atoms with E-state index >= 15 is 0 Å². The molecule has 2 N–H and O–H groups in total. The highest BCUT2D eigenvalue weighted by Gasteiger charge is 2.15. The van der Waals surface area contributed by atoms with Crippen LogP contribution >= 0.6 is 0 Å². The molecule has 19 heavy (non-hydrogen) atoms. The van der Waals surface area contributed by atoms with Gasteiger partial charge in [-0.05, 0) is 51.8 Å². The number of nitrogens with one attached hydrogen (secondary N) is 1. The topological polar surface area (TPSA) is 45.4 Å². The molecule has 2 atom stereocenters. The molecule has 2 aromatic rings. The van der Waals surface area contributed by atoms with Crippen molar-refractivity contribution in [3.63, 3.8) is 0 Å². The fraction of sp³-hybridized carbons (Fsp3) is 0.500. The smallest absolute Gasteiger partial charge is 0.134 e. The summed E-state index contributed by atoms with van der Waals surface area (Å²) in [7, 11) is 0. The van der Waals surface area contributed by atoms with Crippen LogP contribution in [0.1, 0.15) is 44.1 Å². The number of aliphatic hydroxyl groups excluding tert-OH is 1. The SMILES string of the molecule is Cc1c(C(C)NCCCC(C)O)oc2ccccc12. The van der Waals surface area contributed by atoms with E-state index in [2.05, 4.69) is 25.2 Å². The van der Waals surface area contributed by atoms with Crippen LogP contribution in [0, 0.1) is 6.92 Å². The Labute approximate surface area is 114 Å². The Morgan fingerprint density at radius 3 is 2.68 bits per heavy atom. The lowest BCUT2D eigenvalue weighted by atomic mass is 10.1. The average Bonchev–Trinajstić information content (AvgIpc) is 2.72. The van der Waals surface area contributed by atoms with E-state index in [4.69, 9.17) is 4.42 Å². The third-order valence-electron chi connectivity index (χ3n) is 3.52. The molecule has 0 saturated carbocycles. The molecule has 1 aromatic carbocycles. The third kappa shape index (κ3) is 3.37. The molecule has 0 aliphatic rings. The maximum atomic E-state index is 9.23. The quantitative estimate of drug-likeness (QED) is 0.782. The van der Waals surface area contributed by atoms with Crippen molar-refractivity contribution < 1.29 is 9.52 Å². The number of hydrogen-bond acceptors (Lipinski definition) is 3. The van der Waals surface area contributed by atoms with E-state index < -0.39 is 0 Å². The molecule has 2 rings (SSSR count). The Kier molecular flexibility index (Phi) is 4.61. The Balaban J connectivity index is 2.01. The minimum atomic E-state index is -0.218. The Morgan fingerprint density at radius 2 is 2.00 bits per heavy atom. The van der Waals surface area contributed by atoms with Gasteiger partial charge in [0.1, 0.15) is 11.3 Å². The monoisotopic (exact) mass is 261 g/mol. The normalized spacial score (nSPS) is 14.7. The van der Waals surface area contributed by atoms with Gasteiger partial charge in [-0.2, -0.15) is 0 Å². The largest absolute Gasteiger partial charge is 0.459 e. The Hall–Kier alpha value is -1.32. The number of rotatable bonds is 6. The van der Waals surface area contributed by atoms with Crippen LogP contribution in [0.2, 0.25) is 0 Å². The Bertz CT molecular complexity index is 531. The summed E-state index contributed by atoms with van der Waals surface area (Å²) in [5, 5.41) is 13.9. The van der Waals surface area contributed by atoms with Crippen molar-refractivity contribution in [3.05, 3.63) is 35.6 Å². The van der Waals surface area contributed by atoms with Gasteiger partial charge in [-0.15, -0.1) is 0 Å². The van der Waals surface area contributed by atoms with E-state index in [1.807, 2.05) is 25.1 Å². The van der Waals surface area contributed by atoms with Crippen molar-refractivity contribution in [1.82, 2.24) is 5.32 Å². The highest BCUT2D eigenvalue weighted by Crippen LogP contribution is 2.28. The van der Waals surface area contributed by atoms with Crippen LogP contribution < -0.4 is 5.32 Å². The molecule has 0 radical (unpaired) electrons. The zero-order valence-electron chi connectivity index (χ0n) is 11.9. The lowest BCUT2D eigenvalue weighted by molar-refractivity contribution is 0.181. The average molecular weight is 261 g/mol. The van der Waals surface area contributed by atoms with E-state index in [1.54, 1.807) is 0 Å². The summed E-state index contributed by atoms with van der Waals surface area (Å²) >= 11 is 0. The van der Waals surface area contributed by atoms with Gasteiger partial charge in [0.15, 0.2) is 0 Å². The summed E-state index contributed by atoms with van der Waals surface area (Å²) in [6.45, 7) is 6.94. The van der Waals surface area contributed by atoms with Crippen LogP contribution in [0.4, 0.5) is 0 Å². The number of fused-ring (bicyclic) bond motifs is 1. The molecule has 0 saturated heterocycles. The van der Waals surface area contributed by atoms with E-state index in [0.29, 0.717) is 0 Å². The fourth-order valence-corrected chi connectivity index (χ4v) is 2.42. The molecular weight excluding hydrogens is 238 g/mol. The molecular formula is C16H23NO2. The first-order valence-corrected chi connectivity index (χ1v) is 6.99. The van der Waals surface area contributed by atoms with Gasteiger partial charge in [-0.25, -0.2) is 0 Å². The summed E-state index contributed by atoms with van der Waals surface area (Å²) in [5.41, 5.74) is 2.17. The maximum Gasteiger partial charge on any atom is 0.134 e. The van der Waals surface area contributed by atoms with Crippen LogP contribution in [0.3, 0.4) is 0 Å². The lowest BCUT2D eigenvalue weighted by Gasteiger charge is -2.12. The zero-order chi connectivity index (χ0) is 13.8. The van der Waals surface area contributed by atoms with E-state index in [9.17, 15) is 5.11 Å².